The Kier molecular flexibility index (Phi) is 4.53. The molecule has 2 aromatic rings. The van der Waals surface area contributed by atoms with Gasteiger partial charge >= 0.3 is 0 Å². The van der Waals surface area contributed by atoms with Crippen molar-refractivity contribution in [2.24, 2.45) is 10.8 Å². The van der Waals surface area contributed by atoms with Crippen molar-refractivity contribution in [3.05, 3.63) is 70.2 Å². The Labute approximate surface area is 151 Å². The minimum Gasteiger partial charge on any atom is -0.291 e. The fourth-order valence-electron chi connectivity index (χ4n) is 3.68. The van der Waals surface area contributed by atoms with Gasteiger partial charge in [0.1, 0.15) is 0 Å². The van der Waals surface area contributed by atoms with Crippen LogP contribution in [-0.2, 0) is 0 Å². The molecule has 0 spiro atoms. The number of hydrogen-bond donors (Lipinski definition) is 0. The van der Waals surface area contributed by atoms with Crippen LogP contribution in [0.4, 0.5) is 0 Å². The summed E-state index contributed by atoms with van der Waals surface area (Å²) in [6.07, 6.45) is 0. The summed E-state index contributed by atoms with van der Waals surface area (Å²) in [5.74, 6) is 0. The van der Waals surface area contributed by atoms with Gasteiger partial charge in [0.15, 0.2) is 0 Å². The minimum atomic E-state index is 0.277. The molecule has 2 heteroatoms. The zero-order valence-electron chi connectivity index (χ0n) is 15.4. The smallest absolute Gasteiger partial charge is 0.0602 e. The maximum absolute atomic E-state index is 6.36. The molecule has 1 nitrogen and oxygen atoms in total. The normalized spacial score (nSPS) is 18.9. The van der Waals surface area contributed by atoms with Gasteiger partial charge in [-0.1, -0.05) is 75.7 Å². The molecule has 128 valence electrons. The van der Waals surface area contributed by atoms with E-state index < -0.39 is 0 Å². The monoisotopic (exact) mass is 341 g/mol. The van der Waals surface area contributed by atoms with Crippen LogP contribution in [0.15, 0.2) is 48.5 Å². The zero-order valence-corrected chi connectivity index (χ0v) is 16.2. The van der Waals surface area contributed by atoms with E-state index in [9.17, 15) is 0 Å². The van der Waals surface area contributed by atoms with Gasteiger partial charge in [0.2, 0.25) is 0 Å². The number of benzene rings is 2. The lowest BCUT2D eigenvalue weighted by molar-refractivity contribution is -0.0813. The standard InChI is InChI=1S/C22H28ClN/c1-16-11-18(13-19(23)12-16)20(17-9-7-6-8-10-17)24-14-22(5,15-24)21(2,3)4/h6-13,20H,14-15H2,1-5H3. The van der Waals surface area contributed by atoms with Gasteiger partial charge in [-0.3, -0.25) is 4.90 Å². The number of rotatable bonds is 3. The summed E-state index contributed by atoms with van der Waals surface area (Å²) in [5, 5.41) is 0.824. The first kappa shape index (κ1) is 17.5. The van der Waals surface area contributed by atoms with E-state index in [0.29, 0.717) is 10.8 Å². The van der Waals surface area contributed by atoms with Gasteiger partial charge in [0, 0.05) is 18.1 Å². The number of aryl methyl sites for hydroxylation is 1. The van der Waals surface area contributed by atoms with Crippen LogP contribution in [0.3, 0.4) is 0 Å². The first-order chi connectivity index (χ1) is 11.2. The van der Waals surface area contributed by atoms with Crippen molar-refractivity contribution in [2.75, 3.05) is 13.1 Å². The predicted molar refractivity (Wildman–Crippen MR) is 104 cm³/mol. The molecule has 1 fully saturated rings. The third-order valence-corrected chi connectivity index (χ3v) is 5.99. The molecule has 1 heterocycles. The highest BCUT2D eigenvalue weighted by Crippen LogP contribution is 2.49. The molecule has 2 aromatic carbocycles. The second-order valence-corrected chi connectivity index (χ2v) is 9.03. The zero-order chi connectivity index (χ0) is 17.5. The van der Waals surface area contributed by atoms with Crippen molar-refractivity contribution in [1.82, 2.24) is 4.90 Å². The van der Waals surface area contributed by atoms with Crippen molar-refractivity contribution in [3.63, 3.8) is 0 Å². The quantitative estimate of drug-likeness (QED) is 0.651. The summed E-state index contributed by atoms with van der Waals surface area (Å²) >= 11 is 6.36. The summed E-state index contributed by atoms with van der Waals surface area (Å²) in [4.78, 5) is 2.59. The van der Waals surface area contributed by atoms with Crippen LogP contribution in [0.5, 0.6) is 0 Å². The Morgan fingerprint density at radius 3 is 2.17 bits per heavy atom. The molecule has 0 aliphatic carbocycles. The SMILES string of the molecule is Cc1cc(Cl)cc(C(c2ccccc2)N2CC(C)(C(C)(C)C)C2)c1. The van der Waals surface area contributed by atoms with Crippen molar-refractivity contribution in [1.29, 1.82) is 0 Å². The first-order valence-electron chi connectivity index (χ1n) is 8.76. The third kappa shape index (κ3) is 3.25. The Bertz CT molecular complexity index is 688. The molecular formula is C22H28ClN. The van der Waals surface area contributed by atoms with Gasteiger partial charge in [-0.15, -0.1) is 0 Å². The fraction of sp³-hybridized carbons (Fsp3) is 0.455. The van der Waals surface area contributed by atoms with E-state index in [1.54, 1.807) is 0 Å². The largest absolute Gasteiger partial charge is 0.291 e. The Morgan fingerprint density at radius 1 is 1.00 bits per heavy atom. The third-order valence-electron chi connectivity index (χ3n) is 5.78. The molecule has 0 radical (unpaired) electrons. The molecule has 0 saturated carbocycles. The summed E-state index contributed by atoms with van der Waals surface area (Å²) in [7, 11) is 0. The van der Waals surface area contributed by atoms with E-state index >= 15 is 0 Å². The van der Waals surface area contributed by atoms with E-state index in [1.165, 1.54) is 16.7 Å². The molecule has 1 unspecified atom stereocenters. The van der Waals surface area contributed by atoms with Gasteiger partial charge in [-0.25, -0.2) is 0 Å². The lowest BCUT2D eigenvalue weighted by atomic mass is 9.62. The second kappa shape index (κ2) is 6.20. The van der Waals surface area contributed by atoms with Crippen molar-refractivity contribution < 1.29 is 0 Å². The van der Waals surface area contributed by atoms with E-state index in [4.69, 9.17) is 11.6 Å². The van der Waals surface area contributed by atoms with Crippen LogP contribution >= 0.6 is 11.6 Å². The van der Waals surface area contributed by atoms with Gasteiger partial charge in [0.05, 0.1) is 6.04 Å². The fourth-order valence-corrected chi connectivity index (χ4v) is 3.98. The highest BCUT2D eigenvalue weighted by atomic mass is 35.5. The van der Waals surface area contributed by atoms with E-state index in [0.717, 1.165) is 18.1 Å². The van der Waals surface area contributed by atoms with Gasteiger partial charge in [0.25, 0.3) is 0 Å². The molecule has 1 saturated heterocycles. The van der Waals surface area contributed by atoms with Crippen molar-refractivity contribution in [3.8, 4) is 0 Å². The summed E-state index contributed by atoms with van der Waals surface area (Å²) < 4.78 is 0. The number of likely N-dealkylation sites (tertiary alicyclic amines) is 1. The van der Waals surface area contributed by atoms with Gasteiger partial charge in [-0.2, -0.15) is 0 Å². The predicted octanol–water partition coefficient (Wildman–Crippen LogP) is 6.11. The van der Waals surface area contributed by atoms with Crippen LogP contribution < -0.4 is 0 Å². The molecule has 0 bridgehead atoms. The van der Waals surface area contributed by atoms with E-state index in [-0.39, 0.29) is 6.04 Å². The van der Waals surface area contributed by atoms with Gasteiger partial charge < -0.3 is 0 Å². The Hall–Kier alpha value is -1.31. The lowest BCUT2D eigenvalue weighted by Gasteiger charge is -2.58. The van der Waals surface area contributed by atoms with Gasteiger partial charge in [-0.05, 0) is 46.6 Å². The summed E-state index contributed by atoms with van der Waals surface area (Å²) in [5.41, 5.74) is 4.53. The minimum absolute atomic E-state index is 0.277. The highest BCUT2D eigenvalue weighted by molar-refractivity contribution is 6.30. The maximum Gasteiger partial charge on any atom is 0.0602 e. The molecule has 24 heavy (non-hydrogen) atoms. The average Bonchev–Trinajstić information content (AvgIpc) is 2.44. The molecule has 0 aromatic heterocycles. The Balaban J connectivity index is 1.96. The molecule has 1 aliphatic heterocycles. The van der Waals surface area contributed by atoms with E-state index in [1.807, 2.05) is 6.07 Å². The topological polar surface area (TPSA) is 3.24 Å². The molecule has 0 N–H and O–H groups in total. The van der Waals surface area contributed by atoms with Crippen molar-refractivity contribution in [2.45, 2.75) is 40.7 Å². The van der Waals surface area contributed by atoms with Crippen LogP contribution in [0.1, 0.15) is 50.4 Å². The molecular weight excluding hydrogens is 314 g/mol. The lowest BCUT2D eigenvalue weighted by Crippen LogP contribution is -2.61. The number of hydrogen-bond acceptors (Lipinski definition) is 1. The average molecular weight is 342 g/mol. The van der Waals surface area contributed by atoms with Crippen LogP contribution in [0, 0.1) is 17.8 Å². The van der Waals surface area contributed by atoms with E-state index in [2.05, 4.69) is 82.0 Å². The van der Waals surface area contributed by atoms with Crippen LogP contribution in [0.2, 0.25) is 5.02 Å². The van der Waals surface area contributed by atoms with Crippen LogP contribution in [-0.4, -0.2) is 18.0 Å². The highest BCUT2D eigenvalue weighted by Gasteiger charge is 2.49. The van der Waals surface area contributed by atoms with Crippen molar-refractivity contribution >= 4 is 11.6 Å². The summed E-state index contributed by atoms with van der Waals surface area (Å²) in [6, 6.07) is 17.5. The Morgan fingerprint density at radius 2 is 1.62 bits per heavy atom. The van der Waals surface area contributed by atoms with Crippen LogP contribution in [0.25, 0.3) is 0 Å². The summed E-state index contributed by atoms with van der Waals surface area (Å²) in [6.45, 7) is 13.8. The molecule has 1 atom stereocenters. The second-order valence-electron chi connectivity index (χ2n) is 8.59. The molecule has 0 amide bonds. The molecule has 3 rings (SSSR count). The maximum atomic E-state index is 6.36. The number of nitrogens with zero attached hydrogens (tertiary/aromatic N) is 1. The number of halogens is 1. The molecule has 1 aliphatic rings. The first-order valence-corrected chi connectivity index (χ1v) is 9.13.